The van der Waals surface area contributed by atoms with Crippen molar-refractivity contribution in [2.24, 2.45) is 0 Å². The number of nitrogens with zero attached hydrogens (tertiary/aromatic N) is 1. The number of benzene rings is 1. The van der Waals surface area contributed by atoms with E-state index in [2.05, 4.69) is 15.9 Å². The number of halogens is 1. The molecule has 0 saturated heterocycles. The van der Waals surface area contributed by atoms with Gasteiger partial charge in [0.1, 0.15) is 0 Å². The number of ether oxygens (including phenoxy) is 1. The number of hydrogen-bond donors (Lipinski definition) is 0. The lowest BCUT2D eigenvalue weighted by Crippen LogP contribution is -2.40. The van der Waals surface area contributed by atoms with Crippen molar-refractivity contribution >= 4 is 33.5 Å². The lowest BCUT2D eigenvalue weighted by molar-refractivity contribution is -0.122. The van der Waals surface area contributed by atoms with Crippen molar-refractivity contribution in [2.45, 2.75) is 39.2 Å². The van der Waals surface area contributed by atoms with Crippen molar-refractivity contribution in [2.75, 3.05) is 12.0 Å². The highest BCUT2D eigenvalue weighted by atomic mass is 79.9. The van der Waals surface area contributed by atoms with Gasteiger partial charge < -0.3 is 9.64 Å². The summed E-state index contributed by atoms with van der Waals surface area (Å²) in [7, 11) is 1.34. The third kappa shape index (κ3) is 2.04. The van der Waals surface area contributed by atoms with Crippen LogP contribution in [-0.2, 0) is 14.9 Å². The van der Waals surface area contributed by atoms with E-state index in [9.17, 15) is 9.59 Å². The van der Waals surface area contributed by atoms with E-state index in [0.29, 0.717) is 10.0 Å². The molecular weight excluding hydrogens is 322 g/mol. The van der Waals surface area contributed by atoms with Gasteiger partial charge in [-0.15, -0.1) is 0 Å². The van der Waals surface area contributed by atoms with Crippen molar-refractivity contribution in [1.82, 2.24) is 0 Å². The molecule has 0 unspecified atom stereocenters. The Hall–Kier alpha value is -1.36. The van der Waals surface area contributed by atoms with E-state index in [4.69, 9.17) is 4.74 Å². The average molecular weight is 340 g/mol. The predicted octanol–water partition coefficient (Wildman–Crippen LogP) is 3.27. The molecule has 1 aromatic carbocycles. The van der Waals surface area contributed by atoms with Crippen LogP contribution in [0.15, 0.2) is 16.6 Å². The summed E-state index contributed by atoms with van der Waals surface area (Å²) >= 11 is 3.39. The van der Waals surface area contributed by atoms with E-state index in [0.717, 1.165) is 11.3 Å². The van der Waals surface area contributed by atoms with Crippen LogP contribution in [0.5, 0.6) is 0 Å². The molecule has 0 N–H and O–H groups in total. The number of rotatable bonds is 2. The summed E-state index contributed by atoms with van der Waals surface area (Å²) in [6, 6.07) is 3.62. The minimum Gasteiger partial charge on any atom is -0.465 e. The van der Waals surface area contributed by atoms with Crippen LogP contribution in [0, 0.1) is 0 Å². The van der Waals surface area contributed by atoms with Crippen molar-refractivity contribution in [3.05, 3.63) is 27.7 Å². The second kappa shape index (κ2) is 4.88. The summed E-state index contributed by atoms with van der Waals surface area (Å²) in [4.78, 5) is 26.1. The fraction of sp³-hybridized carbons (Fsp3) is 0.467. The van der Waals surface area contributed by atoms with E-state index >= 15 is 0 Å². The van der Waals surface area contributed by atoms with E-state index in [-0.39, 0.29) is 11.9 Å². The lowest BCUT2D eigenvalue weighted by Gasteiger charge is -2.24. The molecule has 108 valence electrons. The largest absolute Gasteiger partial charge is 0.465 e. The zero-order chi connectivity index (χ0) is 15.2. The minimum absolute atomic E-state index is 0.0368. The Bertz CT molecular complexity index is 593. The Balaban J connectivity index is 2.69. The average Bonchev–Trinajstić information content (AvgIpc) is 2.56. The number of carbonyl (C=O) groups is 2. The summed E-state index contributed by atoms with van der Waals surface area (Å²) in [5.41, 5.74) is 1.56. The first-order valence-corrected chi connectivity index (χ1v) is 7.27. The molecule has 0 aliphatic carbocycles. The number of anilines is 1. The highest BCUT2D eigenvalue weighted by Gasteiger charge is 2.45. The van der Waals surface area contributed by atoms with Crippen LogP contribution < -0.4 is 4.90 Å². The molecule has 1 aliphatic rings. The van der Waals surface area contributed by atoms with Crippen molar-refractivity contribution in [3.8, 4) is 0 Å². The number of hydrogen-bond acceptors (Lipinski definition) is 3. The fourth-order valence-corrected chi connectivity index (χ4v) is 3.07. The predicted molar refractivity (Wildman–Crippen MR) is 81.1 cm³/mol. The molecule has 0 saturated carbocycles. The fourth-order valence-electron chi connectivity index (χ4n) is 2.57. The molecule has 4 nitrogen and oxygen atoms in total. The summed E-state index contributed by atoms with van der Waals surface area (Å²) < 4.78 is 5.43. The van der Waals surface area contributed by atoms with Gasteiger partial charge in [0.25, 0.3) is 0 Å². The first-order chi connectivity index (χ1) is 9.21. The van der Waals surface area contributed by atoms with Crippen LogP contribution >= 0.6 is 15.9 Å². The van der Waals surface area contributed by atoms with Crippen LogP contribution in [0.2, 0.25) is 0 Å². The number of methoxy groups -OCH3 is 1. The van der Waals surface area contributed by atoms with Gasteiger partial charge in [-0.3, -0.25) is 4.79 Å². The van der Waals surface area contributed by atoms with Gasteiger partial charge >= 0.3 is 5.97 Å². The van der Waals surface area contributed by atoms with E-state index in [1.807, 2.05) is 33.8 Å². The first kappa shape index (κ1) is 15.0. The molecule has 1 aliphatic heterocycles. The summed E-state index contributed by atoms with van der Waals surface area (Å²) in [6.07, 6.45) is 0. The Morgan fingerprint density at radius 1 is 1.35 bits per heavy atom. The molecule has 0 atom stereocenters. The maximum absolute atomic E-state index is 12.6. The number of carbonyl (C=O) groups excluding carboxylic acids is 2. The van der Waals surface area contributed by atoms with E-state index in [1.54, 1.807) is 11.0 Å². The molecule has 0 aromatic heterocycles. The van der Waals surface area contributed by atoms with Gasteiger partial charge in [0.05, 0.1) is 18.1 Å². The Morgan fingerprint density at radius 2 is 1.95 bits per heavy atom. The van der Waals surface area contributed by atoms with E-state index < -0.39 is 11.4 Å². The number of amides is 1. The number of fused-ring (bicyclic) bond motifs is 1. The molecule has 20 heavy (non-hydrogen) atoms. The second-order valence-corrected chi connectivity index (χ2v) is 6.59. The SMILES string of the molecule is COC(=O)c1cc2c(cc1Br)C(C)(C)C(=O)N2C(C)C. The zero-order valence-electron chi connectivity index (χ0n) is 12.3. The van der Waals surface area contributed by atoms with Gasteiger partial charge in [0.15, 0.2) is 0 Å². The third-order valence-corrected chi connectivity index (χ3v) is 4.35. The molecule has 0 radical (unpaired) electrons. The first-order valence-electron chi connectivity index (χ1n) is 6.47. The second-order valence-electron chi connectivity index (χ2n) is 5.73. The topological polar surface area (TPSA) is 46.6 Å². The van der Waals surface area contributed by atoms with E-state index in [1.165, 1.54) is 7.11 Å². The standard InChI is InChI=1S/C15H18BrNO3/c1-8(2)17-12-6-9(13(18)20-5)11(16)7-10(12)15(3,4)14(17)19/h6-8H,1-5H3. The molecular formula is C15H18BrNO3. The molecule has 2 rings (SSSR count). The minimum atomic E-state index is -0.587. The molecule has 5 heteroatoms. The smallest absolute Gasteiger partial charge is 0.339 e. The van der Waals surface area contributed by atoms with Gasteiger partial charge in [-0.2, -0.15) is 0 Å². The maximum Gasteiger partial charge on any atom is 0.339 e. The van der Waals surface area contributed by atoms with Crippen LogP contribution in [0.3, 0.4) is 0 Å². The van der Waals surface area contributed by atoms with Crippen molar-refractivity contribution in [3.63, 3.8) is 0 Å². The monoisotopic (exact) mass is 339 g/mol. The van der Waals surface area contributed by atoms with Crippen LogP contribution in [-0.4, -0.2) is 25.0 Å². The highest BCUT2D eigenvalue weighted by molar-refractivity contribution is 9.10. The van der Waals surface area contributed by atoms with Crippen LogP contribution in [0.25, 0.3) is 0 Å². The third-order valence-electron chi connectivity index (χ3n) is 3.69. The normalized spacial score (nSPS) is 16.6. The molecule has 1 aromatic rings. The summed E-state index contributed by atoms with van der Waals surface area (Å²) in [5, 5.41) is 0. The van der Waals surface area contributed by atoms with Crippen LogP contribution in [0.4, 0.5) is 5.69 Å². The lowest BCUT2D eigenvalue weighted by atomic mass is 9.86. The van der Waals surface area contributed by atoms with Gasteiger partial charge in [0.2, 0.25) is 5.91 Å². The Morgan fingerprint density at radius 3 is 2.45 bits per heavy atom. The van der Waals surface area contributed by atoms with Gasteiger partial charge in [-0.05, 0) is 61.3 Å². The Labute approximate surface area is 127 Å². The Kier molecular flexibility index (Phi) is 3.67. The maximum atomic E-state index is 12.6. The van der Waals surface area contributed by atoms with Gasteiger partial charge in [-0.1, -0.05) is 0 Å². The molecule has 0 spiro atoms. The van der Waals surface area contributed by atoms with Crippen LogP contribution in [0.1, 0.15) is 43.6 Å². The molecule has 1 heterocycles. The highest BCUT2D eigenvalue weighted by Crippen LogP contribution is 2.44. The quantitative estimate of drug-likeness (QED) is 0.777. The number of esters is 1. The van der Waals surface area contributed by atoms with Gasteiger partial charge in [0, 0.05) is 16.2 Å². The molecule has 0 bridgehead atoms. The zero-order valence-corrected chi connectivity index (χ0v) is 13.9. The summed E-state index contributed by atoms with van der Waals surface area (Å²) in [6.45, 7) is 7.73. The molecule has 0 fully saturated rings. The molecule has 1 amide bonds. The van der Waals surface area contributed by atoms with Crippen molar-refractivity contribution in [1.29, 1.82) is 0 Å². The summed E-state index contributed by atoms with van der Waals surface area (Å²) in [5.74, 6) is -0.364. The van der Waals surface area contributed by atoms with Gasteiger partial charge in [-0.25, -0.2) is 4.79 Å². The van der Waals surface area contributed by atoms with Crippen molar-refractivity contribution < 1.29 is 14.3 Å².